The van der Waals surface area contributed by atoms with Gasteiger partial charge in [0, 0.05) is 12.8 Å². The first kappa shape index (κ1) is 46.1. The average Bonchev–Trinajstić information content (AvgIpc) is 3.10. The predicted octanol–water partition coefficient (Wildman–Crippen LogP) is 12.3. The number of carbonyl (C=O) groups is 2. The zero-order valence-electron chi connectivity index (χ0n) is 31.4. The van der Waals surface area contributed by atoms with Gasteiger partial charge in [0.25, 0.3) is 0 Å². The van der Waals surface area contributed by atoms with Crippen LogP contribution < -0.4 is 0 Å². The molecule has 0 aromatic heterocycles. The van der Waals surface area contributed by atoms with Crippen molar-refractivity contribution in [3.63, 3.8) is 0 Å². The third-order valence-electron chi connectivity index (χ3n) is 7.92. The minimum Gasteiger partial charge on any atom is -0.462 e. The fourth-order valence-corrected chi connectivity index (χ4v) is 4.97. The molecule has 0 aromatic carbocycles. The summed E-state index contributed by atoms with van der Waals surface area (Å²) in [7, 11) is 0. The van der Waals surface area contributed by atoms with E-state index < -0.39 is 6.10 Å². The highest BCUT2D eigenvalue weighted by molar-refractivity contribution is 5.70. The van der Waals surface area contributed by atoms with Gasteiger partial charge < -0.3 is 14.6 Å². The van der Waals surface area contributed by atoms with E-state index in [1.165, 1.54) is 57.8 Å². The van der Waals surface area contributed by atoms with E-state index in [4.69, 9.17) is 9.47 Å². The van der Waals surface area contributed by atoms with Gasteiger partial charge in [-0.25, -0.2) is 0 Å². The Morgan fingerprint density at radius 2 is 0.898 bits per heavy atom. The van der Waals surface area contributed by atoms with Crippen molar-refractivity contribution in [3.8, 4) is 0 Å². The molecule has 0 heterocycles. The lowest BCUT2D eigenvalue weighted by molar-refractivity contribution is -0.161. The van der Waals surface area contributed by atoms with Crippen LogP contribution in [0.15, 0.2) is 85.1 Å². The summed E-state index contributed by atoms with van der Waals surface area (Å²) in [6.45, 7) is 3.94. The van der Waals surface area contributed by atoms with E-state index in [0.717, 1.165) is 70.6 Å². The number of hydrogen-bond donors (Lipinski definition) is 1. The van der Waals surface area contributed by atoms with Gasteiger partial charge >= 0.3 is 11.9 Å². The number of allylic oxidation sites excluding steroid dienone is 14. The maximum Gasteiger partial charge on any atom is 0.306 e. The molecule has 0 saturated carbocycles. The van der Waals surface area contributed by atoms with Crippen molar-refractivity contribution in [1.82, 2.24) is 0 Å². The average molecular weight is 681 g/mol. The molecule has 0 fully saturated rings. The lowest BCUT2D eigenvalue weighted by Crippen LogP contribution is -2.28. The lowest BCUT2D eigenvalue weighted by Gasteiger charge is -2.15. The first-order chi connectivity index (χ1) is 24.1. The fraction of sp³-hybridized carbons (Fsp3) is 0.636. The van der Waals surface area contributed by atoms with Crippen molar-refractivity contribution in [2.75, 3.05) is 13.2 Å². The van der Waals surface area contributed by atoms with Crippen molar-refractivity contribution < 1.29 is 24.2 Å². The molecule has 0 rings (SSSR count). The monoisotopic (exact) mass is 681 g/mol. The number of aliphatic hydroxyl groups is 1. The minimum atomic E-state index is -0.809. The van der Waals surface area contributed by atoms with Crippen LogP contribution in [0.2, 0.25) is 0 Å². The van der Waals surface area contributed by atoms with Gasteiger partial charge in [-0.3, -0.25) is 9.59 Å². The molecule has 5 heteroatoms. The van der Waals surface area contributed by atoms with E-state index in [2.05, 4.69) is 98.9 Å². The van der Waals surface area contributed by atoms with Crippen molar-refractivity contribution >= 4 is 11.9 Å². The van der Waals surface area contributed by atoms with Gasteiger partial charge in [0.05, 0.1) is 6.61 Å². The zero-order valence-corrected chi connectivity index (χ0v) is 31.4. The number of esters is 2. The molecule has 0 bridgehead atoms. The molecule has 0 amide bonds. The normalized spacial score (nSPS) is 13.1. The molecular weight excluding hydrogens is 608 g/mol. The number of hydrogen-bond acceptors (Lipinski definition) is 5. The van der Waals surface area contributed by atoms with Gasteiger partial charge in [0.2, 0.25) is 0 Å². The predicted molar refractivity (Wildman–Crippen MR) is 209 cm³/mol. The van der Waals surface area contributed by atoms with E-state index in [0.29, 0.717) is 12.8 Å². The van der Waals surface area contributed by atoms with Gasteiger partial charge in [-0.05, 0) is 83.5 Å². The maximum atomic E-state index is 12.1. The van der Waals surface area contributed by atoms with Crippen LogP contribution in [-0.2, 0) is 19.1 Å². The van der Waals surface area contributed by atoms with Crippen molar-refractivity contribution in [3.05, 3.63) is 85.1 Å². The highest BCUT2D eigenvalue weighted by atomic mass is 16.6. The van der Waals surface area contributed by atoms with Crippen molar-refractivity contribution in [1.29, 1.82) is 0 Å². The number of aliphatic hydroxyl groups excluding tert-OH is 1. The summed E-state index contributed by atoms with van der Waals surface area (Å²) in [5.41, 5.74) is 0. The molecule has 1 atom stereocenters. The van der Waals surface area contributed by atoms with E-state index in [1.54, 1.807) is 0 Å². The lowest BCUT2D eigenvalue weighted by atomic mass is 10.1. The second-order valence-electron chi connectivity index (χ2n) is 12.6. The summed E-state index contributed by atoms with van der Waals surface area (Å²) in [5, 5.41) is 9.55. The van der Waals surface area contributed by atoms with Crippen LogP contribution in [0, 0.1) is 0 Å². The van der Waals surface area contributed by atoms with E-state index in [1.807, 2.05) is 0 Å². The molecule has 0 aliphatic rings. The maximum absolute atomic E-state index is 12.1. The molecule has 0 saturated heterocycles. The topological polar surface area (TPSA) is 72.8 Å². The number of unbranched alkanes of at least 4 members (excludes halogenated alkanes) is 12. The van der Waals surface area contributed by atoms with Crippen molar-refractivity contribution in [2.45, 2.75) is 168 Å². The summed E-state index contributed by atoms with van der Waals surface area (Å²) >= 11 is 0. The molecule has 0 aliphatic heterocycles. The Hall–Kier alpha value is -2.92. The Kier molecular flexibility index (Phi) is 37.2. The Bertz CT molecular complexity index is 952. The fourth-order valence-electron chi connectivity index (χ4n) is 4.97. The molecule has 49 heavy (non-hydrogen) atoms. The van der Waals surface area contributed by atoms with Gasteiger partial charge in [-0.2, -0.15) is 0 Å². The Morgan fingerprint density at radius 1 is 0.490 bits per heavy atom. The van der Waals surface area contributed by atoms with Gasteiger partial charge in [0.1, 0.15) is 6.61 Å². The second kappa shape index (κ2) is 39.5. The summed E-state index contributed by atoms with van der Waals surface area (Å²) in [4.78, 5) is 24.2. The molecule has 278 valence electrons. The minimum absolute atomic E-state index is 0.0976. The summed E-state index contributed by atoms with van der Waals surface area (Å²) in [6, 6.07) is 0. The molecule has 0 aromatic rings. The SMILES string of the molecule is CC/C=C\C/C=C\C/C=C\C/C=C\C/C=C\CCCC(=O)OC(CO)COC(=O)CCCCCCCCC/C=C\C/C=C\CCCCCC. The summed E-state index contributed by atoms with van der Waals surface area (Å²) in [5.74, 6) is -0.676. The molecule has 5 nitrogen and oxygen atoms in total. The van der Waals surface area contributed by atoms with Crippen molar-refractivity contribution in [2.24, 2.45) is 0 Å². The van der Waals surface area contributed by atoms with Crippen LogP contribution in [0.3, 0.4) is 0 Å². The Labute approximate surface area is 301 Å². The molecule has 1 unspecified atom stereocenters. The quantitative estimate of drug-likeness (QED) is 0.0416. The molecule has 1 N–H and O–H groups in total. The number of carbonyl (C=O) groups excluding carboxylic acids is 2. The highest BCUT2D eigenvalue weighted by Crippen LogP contribution is 2.11. The zero-order chi connectivity index (χ0) is 35.7. The molecular formula is C44H72O5. The second-order valence-corrected chi connectivity index (χ2v) is 12.6. The number of rotatable bonds is 34. The van der Waals surface area contributed by atoms with Crippen LogP contribution >= 0.6 is 0 Å². The van der Waals surface area contributed by atoms with E-state index >= 15 is 0 Å². The largest absolute Gasteiger partial charge is 0.462 e. The van der Waals surface area contributed by atoms with Gasteiger partial charge in [-0.1, -0.05) is 150 Å². The van der Waals surface area contributed by atoms with Gasteiger partial charge in [0.15, 0.2) is 6.10 Å². The third-order valence-corrected chi connectivity index (χ3v) is 7.92. The first-order valence-corrected chi connectivity index (χ1v) is 19.6. The third kappa shape index (κ3) is 37.7. The van der Waals surface area contributed by atoms with E-state index in [9.17, 15) is 14.7 Å². The first-order valence-electron chi connectivity index (χ1n) is 19.6. The van der Waals surface area contributed by atoms with Gasteiger partial charge in [-0.15, -0.1) is 0 Å². The molecule has 0 radical (unpaired) electrons. The standard InChI is InChI=1S/C44H72O5/c1-3-5-7-9-11-13-15-17-19-21-23-24-26-28-30-32-34-36-38-43(46)48-41-42(40-45)49-44(47)39-37-35-33-31-29-27-25-22-20-18-16-14-12-10-8-6-4-2/h6,8,12-15,18-21,25,27,31,33,42,45H,3-5,7,9-11,16-17,22-24,26,28-30,32,34-41H2,1-2H3/b8-6-,14-12-,15-13-,20-18-,21-19-,27-25-,33-31-. The van der Waals surface area contributed by atoms with E-state index in [-0.39, 0.29) is 31.6 Å². The van der Waals surface area contributed by atoms with Crippen LogP contribution in [-0.4, -0.2) is 36.4 Å². The Balaban J connectivity index is 3.69. The summed E-state index contributed by atoms with van der Waals surface area (Å²) < 4.78 is 10.6. The summed E-state index contributed by atoms with van der Waals surface area (Å²) in [6.07, 6.45) is 53.6. The highest BCUT2D eigenvalue weighted by Gasteiger charge is 2.15. The van der Waals surface area contributed by atoms with Crippen LogP contribution in [0.1, 0.15) is 162 Å². The van der Waals surface area contributed by atoms with Crippen LogP contribution in [0.4, 0.5) is 0 Å². The van der Waals surface area contributed by atoms with Crippen LogP contribution in [0.5, 0.6) is 0 Å². The van der Waals surface area contributed by atoms with Crippen LogP contribution in [0.25, 0.3) is 0 Å². The molecule has 0 aliphatic carbocycles. The smallest absolute Gasteiger partial charge is 0.306 e. The Morgan fingerprint density at radius 3 is 1.39 bits per heavy atom. The molecule has 0 spiro atoms. The number of ether oxygens (including phenoxy) is 2.